The molecule has 0 atom stereocenters. The summed E-state index contributed by atoms with van der Waals surface area (Å²) >= 11 is 3.49. The second-order valence-electron chi connectivity index (χ2n) is 5.45. The van der Waals surface area contributed by atoms with Crippen LogP contribution in [0, 0.1) is 13.8 Å². The summed E-state index contributed by atoms with van der Waals surface area (Å²) in [5.74, 6) is 0.815. The quantitative estimate of drug-likeness (QED) is 0.370. The van der Waals surface area contributed by atoms with Gasteiger partial charge in [-0.1, -0.05) is 28.1 Å². The van der Waals surface area contributed by atoms with Gasteiger partial charge in [-0.05, 0) is 38.5 Å². The first kappa shape index (κ1) is 21.0. The van der Waals surface area contributed by atoms with Gasteiger partial charge in [0, 0.05) is 35.9 Å². The van der Waals surface area contributed by atoms with Crippen LogP contribution >= 0.6 is 39.9 Å². The third kappa shape index (κ3) is 5.77. The smallest absolute Gasteiger partial charge is 0.191 e. The summed E-state index contributed by atoms with van der Waals surface area (Å²) in [7, 11) is 1.97. The molecule has 0 aliphatic carbocycles. The van der Waals surface area contributed by atoms with Crippen LogP contribution in [-0.4, -0.2) is 22.3 Å². The van der Waals surface area contributed by atoms with Gasteiger partial charge in [-0.2, -0.15) is 5.10 Å². The van der Waals surface area contributed by atoms with Crippen molar-refractivity contribution in [2.45, 2.75) is 33.9 Å². The topological polar surface area (TPSA) is 54.2 Å². The van der Waals surface area contributed by atoms with E-state index in [2.05, 4.69) is 62.6 Å². The Morgan fingerprint density at radius 2 is 2.04 bits per heavy atom. The van der Waals surface area contributed by atoms with Gasteiger partial charge in [0.2, 0.25) is 0 Å². The van der Waals surface area contributed by atoms with Gasteiger partial charge in [-0.25, -0.2) is 4.99 Å². The largest absolute Gasteiger partial charge is 0.357 e. The first-order valence-electron chi connectivity index (χ1n) is 7.77. The first-order chi connectivity index (χ1) is 11.0. The summed E-state index contributed by atoms with van der Waals surface area (Å²) in [6, 6.07) is 8.21. The van der Waals surface area contributed by atoms with E-state index in [1.54, 1.807) is 0 Å². The standard InChI is InChI=1S/C17H24BrN5.HI/c1-5-19-17(20-10-14-7-6-8-15(18)9-14)21-11-16-12(2)22-23(4)13(16)3;/h6-9H,5,10-11H2,1-4H3,(H2,19,20,21);1H. The van der Waals surface area contributed by atoms with Gasteiger partial charge in [-0.15, -0.1) is 24.0 Å². The van der Waals surface area contributed by atoms with Crippen LogP contribution in [0.2, 0.25) is 0 Å². The number of nitrogens with one attached hydrogen (secondary N) is 2. The van der Waals surface area contributed by atoms with E-state index in [1.807, 2.05) is 30.8 Å². The molecule has 2 aromatic rings. The lowest BCUT2D eigenvalue weighted by Gasteiger charge is -2.12. The molecule has 1 aromatic heterocycles. The molecule has 1 aromatic carbocycles. The fourth-order valence-electron chi connectivity index (χ4n) is 2.39. The zero-order valence-corrected chi connectivity index (χ0v) is 18.5. The highest BCUT2D eigenvalue weighted by molar-refractivity contribution is 14.0. The molecule has 1 heterocycles. The van der Waals surface area contributed by atoms with Crippen LogP contribution in [0.1, 0.15) is 29.4 Å². The van der Waals surface area contributed by atoms with Gasteiger partial charge in [0.1, 0.15) is 0 Å². The lowest BCUT2D eigenvalue weighted by Crippen LogP contribution is -2.37. The van der Waals surface area contributed by atoms with Crippen molar-refractivity contribution in [2.75, 3.05) is 6.54 Å². The molecular weight excluding hydrogens is 481 g/mol. The summed E-state index contributed by atoms with van der Waals surface area (Å²) in [6.07, 6.45) is 0. The molecule has 0 saturated heterocycles. The van der Waals surface area contributed by atoms with E-state index in [1.165, 1.54) is 16.8 Å². The summed E-state index contributed by atoms with van der Waals surface area (Å²) < 4.78 is 2.99. The third-order valence-corrected chi connectivity index (χ3v) is 4.24. The summed E-state index contributed by atoms with van der Waals surface area (Å²) in [5, 5.41) is 11.1. The highest BCUT2D eigenvalue weighted by Crippen LogP contribution is 2.13. The van der Waals surface area contributed by atoms with Gasteiger partial charge >= 0.3 is 0 Å². The zero-order chi connectivity index (χ0) is 16.8. The lowest BCUT2D eigenvalue weighted by molar-refractivity contribution is 0.728. The molecule has 0 fully saturated rings. The number of aliphatic imine (C=N–C) groups is 1. The Bertz CT molecular complexity index is 696. The van der Waals surface area contributed by atoms with Crippen molar-refractivity contribution in [3.05, 3.63) is 51.3 Å². The van der Waals surface area contributed by atoms with Crippen molar-refractivity contribution in [1.29, 1.82) is 0 Å². The van der Waals surface area contributed by atoms with Crippen molar-refractivity contribution in [2.24, 2.45) is 12.0 Å². The predicted octanol–water partition coefficient (Wildman–Crippen LogP) is 3.67. The fraction of sp³-hybridized carbons (Fsp3) is 0.412. The Morgan fingerprint density at radius 3 is 2.62 bits per heavy atom. The Morgan fingerprint density at radius 1 is 1.29 bits per heavy atom. The third-order valence-electron chi connectivity index (χ3n) is 3.74. The Kier molecular flexibility index (Phi) is 8.75. The van der Waals surface area contributed by atoms with E-state index in [4.69, 9.17) is 0 Å². The van der Waals surface area contributed by atoms with E-state index in [9.17, 15) is 0 Å². The van der Waals surface area contributed by atoms with E-state index in [0.717, 1.165) is 29.2 Å². The lowest BCUT2D eigenvalue weighted by atomic mass is 10.2. The maximum absolute atomic E-state index is 4.65. The van der Waals surface area contributed by atoms with E-state index in [0.29, 0.717) is 6.54 Å². The normalized spacial score (nSPS) is 11.1. The molecule has 24 heavy (non-hydrogen) atoms. The van der Waals surface area contributed by atoms with Gasteiger partial charge in [0.25, 0.3) is 0 Å². The van der Waals surface area contributed by atoms with Crippen molar-refractivity contribution in [1.82, 2.24) is 20.4 Å². The van der Waals surface area contributed by atoms with Gasteiger partial charge in [-0.3, -0.25) is 4.68 Å². The number of aryl methyl sites for hydroxylation is 2. The Balaban J connectivity index is 0.00000288. The average Bonchev–Trinajstić information content (AvgIpc) is 2.75. The highest BCUT2D eigenvalue weighted by atomic mass is 127. The number of hydrogen-bond acceptors (Lipinski definition) is 2. The number of benzene rings is 1. The zero-order valence-electron chi connectivity index (χ0n) is 14.6. The maximum Gasteiger partial charge on any atom is 0.191 e. The maximum atomic E-state index is 4.65. The van der Waals surface area contributed by atoms with Crippen LogP contribution in [0.4, 0.5) is 0 Å². The minimum Gasteiger partial charge on any atom is -0.357 e. The molecule has 0 saturated carbocycles. The summed E-state index contributed by atoms with van der Waals surface area (Å²) in [6.45, 7) is 8.37. The second-order valence-corrected chi connectivity index (χ2v) is 6.37. The molecule has 0 aliphatic heterocycles. The van der Waals surface area contributed by atoms with Crippen molar-refractivity contribution >= 4 is 45.9 Å². The fourth-order valence-corrected chi connectivity index (χ4v) is 2.84. The minimum absolute atomic E-state index is 0. The van der Waals surface area contributed by atoms with Crippen LogP contribution in [-0.2, 0) is 20.1 Å². The van der Waals surface area contributed by atoms with Crippen LogP contribution in [0.25, 0.3) is 0 Å². The molecule has 132 valence electrons. The van der Waals surface area contributed by atoms with E-state index in [-0.39, 0.29) is 24.0 Å². The van der Waals surface area contributed by atoms with Crippen LogP contribution < -0.4 is 10.6 Å². The number of rotatable bonds is 5. The molecule has 0 aliphatic rings. The SMILES string of the molecule is CCNC(=NCc1cccc(Br)c1)NCc1c(C)nn(C)c1C.I. The molecule has 7 heteroatoms. The monoisotopic (exact) mass is 505 g/mol. The molecule has 0 spiro atoms. The van der Waals surface area contributed by atoms with Gasteiger partial charge in [0.05, 0.1) is 12.2 Å². The number of halogens is 2. The minimum atomic E-state index is 0. The Hall–Kier alpha value is -1.09. The summed E-state index contributed by atoms with van der Waals surface area (Å²) in [4.78, 5) is 4.65. The van der Waals surface area contributed by atoms with Gasteiger partial charge in [0.15, 0.2) is 5.96 Å². The molecule has 2 rings (SSSR count). The number of guanidine groups is 1. The van der Waals surface area contributed by atoms with Crippen LogP contribution in [0.5, 0.6) is 0 Å². The molecule has 2 N–H and O–H groups in total. The van der Waals surface area contributed by atoms with Crippen molar-refractivity contribution in [3.8, 4) is 0 Å². The average molecular weight is 506 g/mol. The molecule has 0 bridgehead atoms. The number of nitrogens with zero attached hydrogens (tertiary/aromatic N) is 3. The summed E-state index contributed by atoms with van der Waals surface area (Å²) in [5.41, 5.74) is 4.63. The molecule has 0 radical (unpaired) electrons. The molecule has 5 nitrogen and oxygen atoms in total. The second kappa shape index (κ2) is 10.0. The van der Waals surface area contributed by atoms with Crippen LogP contribution in [0.3, 0.4) is 0 Å². The first-order valence-corrected chi connectivity index (χ1v) is 8.56. The molecule has 0 unspecified atom stereocenters. The Labute approximate surface area is 169 Å². The van der Waals surface area contributed by atoms with Crippen molar-refractivity contribution in [3.63, 3.8) is 0 Å². The predicted molar refractivity (Wildman–Crippen MR) is 114 cm³/mol. The number of aromatic nitrogens is 2. The van der Waals surface area contributed by atoms with E-state index >= 15 is 0 Å². The van der Waals surface area contributed by atoms with Crippen molar-refractivity contribution < 1.29 is 0 Å². The van der Waals surface area contributed by atoms with Gasteiger partial charge < -0.3 is 10.6 Å². The van der Waals surface area contributed by atoms with E-state index < -0.39 is 0 Å². The number of hydrogen-bond donors (Lipinski definition) is 2. The molecular formula is C17H25BrIN5. The molecule has 0 amide bonds. The van der Waals surface area contributed by atoms with Crippen LogP contribution in [0.15, 0.2) is 33.7 Å². The highest BCUT2D eigenvalue weighted by Gasteiger charge is 2.09.